The molecule has 0 saturated heterocycles. The molecule has 4 aromatic rings. The van der Waals surface area contributed by atoms with E-state index in [-0.39, 0.29) is 17.4 Å². The van der Waals surface area contributed by atoms with E-state index in [0.29, 0.717) is 40.0 Å². The summed E-state index contributed by atoms with van der Waals surface area (Å²) in [5.74, 6) is -1.32. The standard InChI is InChI=1S/C30H27Cl2NO5S/c1-18(29(34)35)17-39-28(12-8-19-5-9-22(31)14-26(19)30(36)37)21-3-2-4-25(13-21)38-16-24-11-7-20-6-10-23(32)15-27(20)33-24/h2-7,9-11,13-15,18,28H,8,12,16-17H2,1H3,(H,34,35)(H,36,37). The lowest BCUT2D eigenvalue weighted by Gasteiger charge is -2.20. The summed E-state index contributed by atoms with van der Waals surface area (Å²) in [6.45, 7) is 1.95. The quantitative estimate of drug-likeness (QED) is 0.174. The normalized spacial score (nSPS) is 12.7. The van der Waals surface area contributed by atoms with Crippen molar-refractivity contribution < 1.29 is 24.5 Å². The van der Waals surface area contributed by atoms with Crippen LogP contribution in [0.3, 0.4) is 0 Å². The molecule has 4 rings (SSSR count). The molecular formula is C30H27Cl2NO5S. The fraction of sp³-hybridized carbons (Fsp3) is 0.233. The largest absolute Gasteiger partial charge is 0.487 e. The smallest absolute Gasteiger partial charge is 0.336 e. The number of carboxylic acid groups (broad SMARTS) is 2. The lowest BCUT2D eigenvalue weighted by molar-refractivity contribution is -0.140. The van der Waals surface area contributed by atoms with Gasteiger partial charge in [0.1, 0.15) is 12.4 Å². The zero-order valence-electron chi connectivity index (χ0n) is 21.1. The van der Waals surface area contributed by atoms with E-state index in [9.17, 15) is 19.8 Å². The number of aromatic nitrogens is 1. The molecule has 0 fully saturated rings. The third-order valence-electron chi connectivity index (χ3n) is 6.28. The van der Waals surface area contributed by atoms with Gasteiger partial charge in [-0.05, 0) is 66.4 Å². The van der Waals surface area contributed by atoms with Crippen LogP contribution in [0.5, 0.6) is 5.75 Å². The van der Waals surface area contributed by atoms with Crippen molar-refractivity contribution in [3.63, 3.8) is 0 Å². The van der Waals surface area contributed by atoms with E-state index in [1.165, 1.54) is 17.8 Å². The first-order valence-corrected chi connectivity index (χ1v) is 14.1. The van der Waals surface area contributed by atoms with E-state index in [2.05, 4.69) is 4.98 Å². The van der Waals surface area contributed by atoms with E-state index in [4.69, 9.17) is 27.9 Å². The van der Waals surface area contributed by atoms with Gasteiger partial charge in [0.05, 0.1) is 22.7 Å². The molecule has 0 spiro atoms. The van der Waals surface area contributed by atoms with Gasteiger partial charge in [-0.3, -0.25) is 4.79 Å². The maximum atomic E-state index is 11.7. The van der Waals surface area contributed by atoms with Gasteiger partial charge >= 0.3 is 11.9 Å². The van der Waals surface area contributed by atoms with Crippen LogP contribution in [0, 0.1) is 5.92 Å². The summed E-state index contributed by atoms with van der Waals surface area (Å²) in [6, 6.07) is 22.0. The van der Waals surface area contributed by atoms with Gasteiger partial charge in [-0.25, -0.2) is 9.78 Å². The minimum absolute atomic E-state index is 0.0754. The number of aliphatic carboxylic acids is 1. The number of hydrogen-bond donors (Lipinski definition) is 2. The van der Waals surface area contributed by atoms with Crippen LogP contribution in [0.15, 0.2) is 72.8 Å². The molecule has 0 radical (unpaired) electrons. The molecule has 9 heteroatoms. The minimum atomic E-state index is -1.03. The molecule has 0 aliphatic rings. The molecule has 1 heterocycles. The number of ether oxygens (including phenoxy) is 1. The van der Waals surface area contributed by atoms with Crippen LogP contribution in [0.1, 0.15) is 45.8 Å². The number of fused-ring (bicyclic) bond motifs is 1. The van der Waals surface area contributed by atoms with Crippen molar-refractivity contribution in [1.29, 1.82) is 0 Å². The first-order chi connectivity index (χ1) is 18.7. The Morgan fingerprint density at radius 3 is 2.49 bits per heavy atom. The third-order valence-corrected chi connectivity index (χ3v) is 8.35. The average Bonchev–Trinajstić information content (AvgIpc) is 2.92. The number of thioether (sulfide) groups is 1. The van der Waals surface area contributed by atoms with Crippen LogP contribution in [0.4, 0.5) is 0 Å². The van der Waals surface area contributed by atoms with Crippen molar-refractivity contribution in [2.24, 2.45) is 5.92 Å². The highest BCUT2D eigenvalue weighted by Gasteiger charge is 2.20. The summed E-state index contributed by atoms with van der Waals surface area (Å²) in [7, 11) is 0. The molecule has 6 nitrogen and oxygen atoms in total. The van der Waals surface area contributed by atoms with Crippen LogP contribution in [0.2, 0.25) is 10.0 Å². The number of halogens is 2. The van der Waals surface area contributed by atoms with Crippen LogP contribution >= 0.6 is 35.0 Å². The Morgan fingerprint density at radius 2 is 1.72 bits per heavy atom. The van der Waals surface area contributed by atoms with Gasteiger partial charge in [0.25, 0.3) is 0 Å². The van der Waals surface area contributed by atoms with E-state index in [0.717, 1.165) is 22.2 Å². The van der Waals surface area contributed by atoms with Gasteiger partial charge in [-0.15, -0.1) is 0 Å². The SMILES string of the molecule is CC(CSC(CCc1ccc(Cl)cc1C(=O)O)c1cccc(OCc2ccc3ccc(Cl)cc3n2)c1)C(=O)O. The Kier molecular flexibility index (Phi) is 9.73. The van der Waals surface area contributed by atoms with E-state index < -0.39 is 17.9 Å². The molecule has 0 aliphatic heterocycles. The van der Waals surface area contributed by atoms with Crippen molar-refractivity contribution >= 4 is 57.8 Å². The molecule has 1 aromatic heterocycles. The molecule has 0 amide bonds. The Balaban J connectivity index is 1.51. The number of nitrogens with zero attached hydrogens (tertiary/aromatic N) is 1. The number of carbonyl (C=O) groups is 2. The van der Waals surface area contributed by atoms with Crippen LogP contribution < -0.4 is 4.74 Å². The molecule has 3 aromatic carbocycles. The second kappa shape index (κ2) is 13.2. The van der Waals surface area contributed by atoms with Gasteiger partial charge in [0.15, 0.2) is 0 Å². The van der Waals surface area contributed by atoms with Crippen molar-refractivity contribution in [2.75, 3.05) is 5.75 Å². The Morgan fingerprint density at radius 1 is 0.974 bits per heavy atom. The van der Waals surface area contributed by atoms with E-state index >= 15 is 0 Å². The highest BCUT2D eigenvalue weighted by Crippen LogP contribution is 2.37. The zero-order chi connectivity index (χ0) is 27.9. The lowest BCUT2D eigenvalue weighted by Crippen LogP contribution is -2.13. The number of benzene rings is 3. The molecule has 2 atom stereocenters. The number of aromatic carboxylic acids is 1. The van der Waals surface area contributed by atoms with E-state index in [1.807, 2.05) is 54.6 Å². The van der Waals surface area contributed by atoms with Crippen molar-refractivity contribution in [3.05, 3.63) is 105 Å². The van der Waals surface area contributed by atoms with Gasteiger partial charge < -0.3 is 14.9 Å². The molecular weight excluding hydrogens is 557 g/mol. The van der Waals surface area contributed by atoms with E-state index in [1.54, 1.807) is 19.1 Å². The highest BCUT2D eigenvalue weighted by atomic mass is 35.5. The Bertz CT molecular complexity index is 1500. The van der Waals surface area contributed by atoms with Crippen LogP contribution in [-0.2, 0) is 17.8 Å². The number of carboxylic acids is 2. The molecule has 2 unspecified atom stereocenters. The van der Waals surface area contributed by atoms with Gasteiger partial charge in [0, 0.05) is 26.4 Å². The summed E-state index contributed by atoms with van der Waals surface area (Å²) < 4.78 is 6.06. The van der Waals surface area contributed by atoms with Crippen LogP contribution in [0.25, 0.3) is 10.9 Å². The Labute approximate surface area is 240 Å². The topological polar surface area (TPSA) is 96.7 Å². The number of hydrogen-bond acceptors (Lipinski definition) is 5. The molecule has 202 valence electrons. The third kappa shape index (κ3) is 7.88. The summed E-state index contributed by atoms with van der Waals surface area (Å²) >= 11 is 13.7. The molecule has 0 saturated carbocycles. The first kappa shape index (κ1) is 28.7. The summed E-state index contributed by atoms with van der Waals surface area (Å²) in [6.07, 6.45) is 1.10. The van der Waals surface area contributed by atoms with Gasteiger partial charge in [0.2, 0.25) is 0 Å². The first-order valence-electron chi connectivity index (χ1n) is 12.3. The van der Waals surface area contributed by atoms with Crippen LogP contribution in [-0.4, -0.2) is 32.9 Å². The predicted octanol–water partition coefficient (Wildman–Crippen LogP) is 7.95. The molecule has 0 aliphatic carbocycles. The summed E-state index contributed by atoms with van der Waals surface area (Å²) in [5.41, 5.74) is 3.38. The maximum Gasteiger partial charge on any atom is 0.336 e. The monoisotopic (exact) mass is 583 g/mol. The summed E-state index contributed by atoms with van der Waals surface area (Å²) in [5, 5.41) is 20.9. The molecule has 0 bridgehead atoms. The molecule has 2 N–H and O–H groups in total. The highest BCUT2D eigenvalue weighted by molar-refractivity contribution is 7.99. The fourth-order valence-corrected chi connectivity index (χ4v) is 5.73. The second-order valence-electron chi connectivity index (χ2n) is 9.21. The maximum absolute atomic E-state index is 11.7. The lowest BCUT2D eigenvalue weighted by atomic mass is 9.99. The average molecular weight is 585 g/mol. The predicted molar refractivity (Wildman–Crippen MR) is 156 cm³/mol. The van der Waals surface area contributed by atoms with Gasteiger partial charge in [-0.2, -0.15) is 11.8 Å². The summed E-state index contributed by atoms with van der Waals surface area (Å²) in [4.78, 5) is 27.8. The fourth-order valence-electron chi connectivity index (χ4n) is 4.11. The molecule has 39 heavy (non-hydrogen) atoms. The number of rotatable bonds is 12. The van der Waals surface area contributed by atoms with Crippen molar-refractivity contribution in [3.8, 4) is 5.75 Å². The Hall–Kier alpha value is -3.26. The number of pyridine rings is 1. The minimum Gasteiger partial charge on any atom is -0.487 e. The second-order valence-corrected chi connectivity index (χ2v) is 11.3. The van der Waals surface area contributed by atoms with Crippen molar-refractivity contribution in [1.82, 2.24) is 4.98 Å². The van der Waals surface area contributed by atoms with Gasteiger partial charge in [-0.1, -0.05) is 60.5 Å². The zero-order valence-corrected chi connectivity index (χ0v) is 23.5. The van der Waals surface area contributed by atoms with Crippen molar-refractivity contribution in [2.45, 2.75) is 31.6 Å². The number of aryl methyl sites for hydroxylation is 1.